The van der Waals surface area contributed by atoms with E-state index in [-0.39, 0.29) is 5.91 Å². The van der Waals surface area contributed by atoms with Crippen molar-refractivity contribution in [2.45, 2.75) is 6.54 Å². The SMILES string of the molecule is COc1ccc(-c2nc(C(=O)N(C)Cc3ccccc3)cs2)cc1. The van der Waals surface area contributed by atoms with Crippen LogP contribution in [0.1, 0.15) is 16.1 Å². The molecule has 1 heterocycles. The van der Waals surface area contributed by atoms with Gasteiger partial charge in [-0.25, -0.2) is 4.98 Å². The molecule has 2 aromatic carbocycles. The molecule has 0 saturated heterocycles. The molecule has 0 fully saturated rings. The highest BCUT2D eigenvalue weighted by atomic mass is 32.1. The number of methoxy groups -OCH3 is 1. The first kappa shape index (κ1) is 16.2. The van der Waals surface area contributed by atoms with Gasteiger partial charge in [0.05, 0.1) is 7.11 Å². The molecule has 24 heavy (non-hydrogen) atoms. The standard InChI is InChI=1S/C19H18N2O2S/c1-21(12-14-6-4-3-5-7-14)19(22)17-13-24-18(20-17)15-8-10-16(23-2)11-9-15/h3-11,13H,12H2,1-2H3. The van der Waals surface area contributed by atoms with Crippen molar-refractivity contribution in [1.29, 1.82) is 0 Å². The zero-order chi connectivity index (χ0) is 16.9. The van der Waals surface area contributed by atoms with E-state index in [0.717, 1.165) is 21.9 Å². The molecular weight excluding hydrogens is 320 g/mol. The van der Waals surface area contributed by atoms with Gasteiger partial charge in [-0.3, -0.25) is 4.79 Å². The topological polar surface area (TPSA) is 42.4 Å². The minimum atomic E-state index is -0.0742. The summed E-state index contributed by atoms with van der Waals surface area (Å²) < 4.78 is 5.16. The maximum Gasteiger partial charge on any atom is 0.273 e. The summed E-state index contributed by atoms with van der Waals surface area (Å²) in [5, 5.41) is 2.64. The molecule has 4 nitrogen and oxygen atoms in total. The Morgan fingerprint density at radius 2 is 1.83 bits per heavy atom. The number of nitrogens with zero attached hydrogens (tertiary/aromatic N) is 2. The molecule has 1 amide bonds. The summed E-state index contributed by atoms with van der Waals surface area (Å²) in [5.41, 5.74) is 2.55. The van der Waals surface area contributed by atoms with Crippen molar-refractivity contribution in [3.05, 3.63) is 71.2 Å². The monoisotopic (exact) mass is 338 g/mol. The largest absolute Gasteiger partial charge is 0.497 e. The molecule has 0 aliphatic heterocycles. The Kier molecular flexibility index (Phi) is 4.91. The maximum absolute atomic E-state index is 12.5. The van der Waals surface area contributed by atoms with Gasteiger partial charge in [-0.05, 0) is 29.8 Å². The van der Waals surface area contributed by atoms with Crippen molar-refractivity contribution >= 4 is 17.2 Å². The number of ether oxygens (including phenoxy) is 1. The highest BCUT2D eigenvalue weighted by molar-refractivity contribution is 7.13. The molecule has 0 aliphatic rings. The number of aromatic nitrogens is 1. The molecular formula is C19H18N2O2S. The van der Waals surface area contributed by atoms with Gasteiger partial charge in [0.25, 0.3) is 5.91 Å². The van der Waals surface area contributed by atoms with E-state index in [1.54, 1.807) is 19.1 Å². The lowest BCUT2D eigenvalue weighted by atomic mass is 10.2. The summed E-state index contributed by atoms with van der Waals surface area (Å²) in [7, 11) is 3.43. The third-order valence-corrected chi connectivity index (χ3v) is 4.56. The second-order valence-corrected chi connectivity index (χ2v) is 6.27. The average molecular weight is 338 g/mol. The molecule has 5 heteroatoms. The third kappa shape index (κ3) is 3.63. The van der Waals surface area contributed by atoms with E-state index < -0.39 is 0 Å². The fraction of sp³-hybridized carbons (Fsp3) is 0.158. The number of rotatable bonds is 5. The molecule has 3 rings (SSSR count). The van der Waals surface area contributed by atoms with Gasteiger partial charge in [0.15, 0.2) is 0 Å². The molecule has 0 spiro atoms. The highest BCUT2D eigenvalue weighted by Gasteiger charge is 2.16. The van der Waals surface area contributed by atoms with Crippen LogP contribution in [0, 0.1) is 0 Å². The van der Waals surface area contributed by atoms with Gasteiger partial charge in [0.2, 0.25) is 0 Å². The summed E-state index contributed by atoms with van der Waals surface area (Å²) in [6.07, 6.45) is 0. The Bertz CT molecular complexity index is 813. The van der Waals surface area contributed by atoms with E-state index in [9.17, 15) is 4.79 Å². The molecule has 0 aliphatic carbocycles. The van der Waals surface area contributed by atoms with Crippen LogP contribution in [0.2, 0.25) is 0 Å². The number of thiazole rings is 1. The lowest BCUT2D eigenvalue weighted by Crippen LogP contribution is -2.26. The number of carbonyl (C=O) groups is 1. The third-order valence-electron chi connectivity index (χ3n) is 3.67. The molecule has 0 radical (unpaired) electrons. The highest BCUT2D eigenvalue weighted by Crippen LogP contribution is 2.26. The van der Waals surface area contributed by atoms with Crippen molar-refractivity contribution in [2.24, 2.45) is 0 Å². The summed E-state index contributed by atoms with van der Waals surface area (Å²) in [6, 6.07) is 17.6. The van der Waals surface area contributed by atoms with E-state index in [1.165, 1.54) is 11.3 Å². The van der Waals surface area contributed by atoms with Gasteiger partial charge >= 0.3 is 0 Å². The van der Waals surface area contributed by atoms with Crippen molar-refractivity contribution in [3.8, 4) is 16.3 Å². The molecule has 1 aromatic heterocycles. The van der Waals surface area contributed by atoms with E-state index in [4.69, 9.17) is 4.74 Å². The quantitative estimate of drug-likeness (QED) is 0.704. The van der Waals surface area contributed by atoms with Crippen LogP contribution in [-0.4, -0.2) is 29.9 Å². The van der Waals surface area contributed by atoms with Crippen LogP contribution in [0.3, 0.4) is 0 Å². The molecule has 122 valence electrons. The van der Waals surface area contributed by atoms with Crippen LogP contribution in [0.15, 0.2) is 60.0 Å². The second-order valence-electron chi connectivity index (χ2n) is 5.41. The van der Waals surface area contributed by atoms with Crippen molar-refractivity contribution < 1.29 is 9.53 Å². The fourth-order valence-electron chi connectivity index (χ4n) is 2.36. The zero-order valence-corrected chi connectivity index (χ0v) is 14.4. The van der Waals surface area contributed by atoms with Crippen LogP contribution in [0.25, 0.3) is 10.6 Å². The number of hydrogen-bond donors (Lipinski definition) is 0. The van der Waals surface area contributed by atoms with Gasteiger partial charge in [-0.15, -0.1) is 11.3 Å². The molecule has 0 atom stereocenters. The Labute approximate surface area is 145 Å². The van der Waals surface area contributed by atoms with E-state index >= 15 is 0 Å². The van der Waals surface area contributed by atoms with Crippen LogP contribution in [0.5, 0.6) is 5.75 Å². The summed E-state index contributed by atoms with van der Waals surface area (Å²) >= 11 is 1.47. The van der Waals surface area contributed by atoms with Crippen molar-refractivity contribution in [1.82, 2.24) is 9.88 Å². The van der Waals surface area contributed by atoms with Crippen LogP contribution < -0.4 is 4.74 Å². The van der Waals surface area contributed by atoms with E-state index in [2.05, 4.69) is 4.98 Å². The predicted molar refractivity (Wildman–Crippen MR) is 96.3 cm³/mol. The Balaban J connectivity index is 1.73. The van der Waals surface area contributed by atoms with E-state index in [0.29, 0.717) is 12.2 Å². The first-order valence-electron chi connectivity index (χ1n) is 7.56. The normalized spacial score (nSPS) is 10.4. The second kappa shape index (κ2) is 7.27. The Morgan fingerprint density at radius 1 is 1.12 bits per heavy atom. The smallest absolute Gasteiger partial charge is 0.273 e. The Morgan fingerprint density at radius 3 is 2.50 bits per heavy atom. The molecule has 0 bridgehead atoms. The summed E-state index contributed by atoms with van der Waals surface area (Å²) in [6.45, 7) is 0.565. The number of carbonyl (C=O) groups excluding carboxylic acids is 1. The summed E-state index contributed by atoms with van der Waals surface area (Å²) in [4.78, 5) is 18.7. The van der Waals surface area contributed by atoms with Gasteiger partial charge in [-0.2, -0.15) is 0 Å². The lowest BCUT2D eigenvalue weighted by molar-refractivity contribution is 0.0780. The van der Waals surface area contributed by atoms with E-state index in [1.807, 2.05) is 60.0 Å². The predicted octanol–water partition coefficient (Wildman–Crippen LogP) is 4.09. The van der Waals surface area contributed by atoms with Crippen LogP contribution in [-0.2, 0) is 6.54 Å². The van der Waals surface area contributed by atoms with Gasteiger partial charge < -0.3 is 9.64 Å². The maximum atomic E-state index is 12.5. The van der Waals surface area contributed by atoms with Crippen LogP contribution in [0.4, 0.5) is 0 Å². The zero-order valence-electron chi connectivity index (χ0n) is 13.6. The number of benzene rings is 2. The van der Waals surface area contributed by atoms with Crippen molar-refractivity contribution in [2.75, 3.05) is 14.2 Å². The molecule has 0 N–H and O–H groups in total. The first-order valence-corrected chi connectivity index (χ1v) is 8.44. The van der Waals surface area contributed by atoms with Gasteiger partial charge in [0, 0.05) is 24.5 Å². The summed E-state index contributed by atoms with van der Waals surface area (Å²) in [5.74, 6) is 0.726. The first-order chi connectivity index (χ1) is 11.7. The number of hydrogen-bond acceptors (Lipinski definition) is 4. The average Bonchev–Trinajstić information content (AvgIpc) is 3.12. The lowest BCUT2D eigenvalue weighted by Gasteiger charge is -2.15. The Hall–Kier alpha value is -2.66. The molecule has 0 saturated carbocycles. The molecule has 3 aromatic rings. The number of amides is 1. The van der Waals surface area contributed by atoms with Crippen molar-refractivity contribution in [3.63, 3.8) is 0 Å². The van der Waals surface area contributed by atoms with Crippen LogP contribution >= 0.6 is 11.3 Å². The molecule has 0 unspecified atom stereocenters. The van der Waals surface area contributed by atoms with Gasteiger partial charge in [-0.1, -0.05) is 30.3 Å². The fourth-order valence-corrected chi connectivity index (χ4v) is 3.16. The van der Waals surface area contributed by atoms with Gasteiger partial charge in [0.1, 0.15) is 16.5 Å². The minimum absolute atomic E-state index is 0.0742. The minimum Gasteiger partial charge on any atom is -0.497 e.